The third-order valence-corrected chi connectivity index (χ3v) is 4.98. The number of carboxylic acids is 1. The Morgan fingerprint density at radius 2 is 1.94 bits per heavy atom. The third kappa shape index (κ3) is 5.34. The van der Waals surface area contributed by atoms with Crippen LogP contribution in [-0.4, -0.2) is 33.9 Å². The molecular weight excluding hydrogens is 456 g/mol. The highest BCUT2D eigenvalue weighted by Gasteiger charge is 2.16. The van der Waals surface area contributed by atoms with E-state index in [9.17, 15) is 10.1 Å². The number of halogens is 1. The Kier molecular flexibility index (Phi) is 7.84. The van der Waals surface area contributed by atoms with Crippen molar-refractivity contribution in [3.8, 4) is 34.7 Å². The molecule has 2 N–H and O–H groups in total. The molecule has 8 nitrogen and oxygen atoms in total. The van der Waals surface area contributed by atoms with Gasteiger partial charge in [-0.15, -0.1) is 12.4 Å². The van der Waals surface area contributed by atoms with Crippen molar-refractivity contribution in [1.29, 1.82) is 5.26 Å². The second-order valence-corrected chi connectivity index (χ2v) is 7.73. The van der Waals surface area contributed by atoms with Crippen molar-refractivity contribution in [3.05, 3.63) is 65.7 Å². The first kappa shape index (κ1) is 24.7. The minimum Gasteiger partial charge on any atom is -0.490 e. The predicted octanol–water partition coefficient (Wildman–Crippen LogP) is 4.81. The summed E-state index contributed by atoms with van der Waals surface area (Å²) < 4.78 is 11.2. The zero-order valence-corrected chi connectivity index (χ0v) is 19.4. The number of nitriles is 1. The van der Waals surface area contributed by atoms with Gasteiger partial charge in [-0.3, -0.25) is 4.79 Å². The van der Waals surface area contributed by atoms with Crippen LogP contribution in [-0.2, 0) is 11.3 Å². The fourth-order valence-electron chi connectivity index (χ4n) is 3.57. The highest BCUT2D eigenvalue weighted by Crippen LogP contribution is 2.32. The largest absolute Gasteiger partial charge is 0.490 e. The molecule has 0 unspecified atom stereocenters. The van der Waals surface area contributed by atoms with Gasteiger partial charge in [0.1, 0.15) is 11.8 Å². The van der Waals surface area contributed by atoms with E-state index in [0.717, 1.165) is 21.9 Å². The Morgan fingerprint density at radius 1 is 1.18 bits per heavy atom. The van der Waals surface area contributed by atoms with E-state index in [4.69, 9.17) is 14.4 Å². The smallest absolute Gasteiger partial charge is 0.317 e. The predicted molar refractivity (Wildman–Crippen MR) is 130 cm³/mol. The van der Waals surface area contributed by atoms with E-state index in [1.807, 2.05) is 50.2 Å². The second kappa shape index (κ2) is 10.8. The number of aromatic nitrogens is 2. The molecule has 4 aromatic rings. The van der Waals surface area contributed by atoms with Crippen molar-refractivity contribution >= 4 is 29.1 Å². The average molecular weight is 479 g/mol. The van der Waals surface area contributed by atoms with Gasteiger partial charge < -0.3 is 19.7 Å². The lowest BCUT2D eigenvalue weighted by atomic mass is 9.99. The summed E-state index contributed by atoms with van der Waals surface area (Å²) in [5, 5.41) is 27.3. The molecule has 174 valence electrons. The quantitative estimate of drug-likeness (QED) is 0.370. The highest BCUT2D eigenvalue weighted by molar-refractivity contribution is 5.97. The number of nitrogens with one attached hydrogen (secondary N) is 1. The van der Waals surface area contributed by atoms with Crippen LogP contribution in [0.15, 0.2) is 59.1 Å². The maximum atomic E-state index is 10.8. The Labute approximate surface area is 202 Å². The molecule has 0 radical (unpaired) electrons. The van der Waals surface area contributed by atoms with Gasteiger partial charge >= 0.3 is 5.97 Å². The summed E-state index contributed by atoms with van der Waals surface area (Å²) in [4.78, 5) is 15.4. The van der Waals surface area contributed by atoms with Crippen molar-refractivity contribution in [3.63, 3.8) is 0 Å². The molecule has 0 bridgehead atoms. The fourth-order valence-corrected chi connectivity index (χ4v) is 3.57. The van der Waals surface area contributed by atoms with Gasteiger partial charge in [0.25, 0.3) is 5.89 Å². The Morgan fingerprint density at radius 3 is 2.65 bits per heavy atom. The van der Waals surface area contributed by atoms with Crippen LogP contribution in [0, 0.1) is 11.3 Å². The SMILES string of the molecule is CC(C)Oc1ccc(-c2nc(-c3ccc(CNCC(=O)O)c4ccccc34)no2)cc1C#N.Cl. The van der Waals surface area contributed by atoms with Gasteiger partial charge in [0, 0.05) is 17.7 Å². The van der Waals surface area contributed by atoms with E-state index in [2.05, 4.69) is 21.5 Å². The van der Waals surface area contributed by atoms with Crippen molar-refractivity contribution < 1.29 is 19.2 Å². The number of ether oxygens (including phenoxy) is 1. The average Bonchev–Trinajstić information content (AvgIpc) is 3.29. The van der Waals surface area contributed by atoms with Crippen LogP contribution in [0.4, 0.5) is 0 Å². The molecule has 1 aromatic heterocycles. The van der Waals surface area contributed by atoms with E-state index in [1.165, 1.54) is 0 Å². The van der Waals surface area contributed by atoms with Crippen LogP contribution < -0.4 is 10.1 Å². The summed E-state index contributed by atoms with van der Waals surface area (Å²) in [5.74, 6) is 0.328. The van der Waals surface area contributed by atoms with Crippen LogP contribution in [0.1, 0.15) is 25.0 Å². The molecule has 0 atom stereocenters. The van der Waals surface area contributed by atoms with Crippen LogP contribution >= 0.6 is 12.4 Å². The number of nitrogens with zero attached hydrogens (tertiary/aromatic N) is 3. The molecule has 0 aliphatic rings. The van der Waals surface area contributed by atoms with Gasteiger partial charge in [0.2, 0.25) is 5.82 Å². The zero-order valence-electron chi connectivity index (χ0n) is 18.6. The van der Waals surface area contributed by atoms with Gasteiger partial charge in [-0.1, -0.05) is 41.6 Å². The Bertz CT molecular complexity index is 1360. The molecule has 0 aliphatic carbocycles. The molecule has 3 aromatic carbocycles. The zero-order chi connectivity index (χ0) is 23.4. The first-order valence-corrected chi connectivity index (χ1v) is 10.4. The summed E-state index contributed by atoms with van der Waals surface area (Å²) in [6.07, 6.45) is -0.0477. The maximum absolute atomic E-state index is 10.8. The number of hydrogen-bond donors (Lipinski definition) is 2. The number of fused-ring (bicyclic) bond motifs is 1. The molecule has 0 saturated heterocycles. The lowest BCUT2D eigenvalue weighted by molar-refractivity contribution is -0.136. The summed E-state index contributed by atoms with van der Waals surface area (Å²) in [6.45, 7) is 4.11. The van der Waals surface area contributed by atoms with Crippen molar-refractivity contribution in [2.24, 2.45) is 0 Å². The van der Waals surface area contributed by atoms with Gasteiger partial charge in [-0.05, 0) is 48.4 Å². The summed E-state index contributed by atoms with van der Waals surface area (Å²) in [7, 11) is 0. The van der Waals surface area contributed by atoms with E-state index in [0.29, 0.717) is 35.1 Å². The van der Waals surface area contributed by atoms with Crippen molar-refractivity contribution in [2.75, 3.05) is 6.54 Å². The molecule has 0 spiro atoms. The van der Waals surface area contributed by atoms with E-state index < -0.39 is 5.97 Å². The molecule has 4 rings (SSSR count). The molecule has 0 saturated carbocycles. The Hall–Kier alpha value is -3.93. The van der Waals surface area contributed by atoms with E-state index >= 15 is 0 Å². The Balaban J connectivity index is 0.00000324. The number of benzene rings is 3. The molecule has 9 heteroatoms. The van der Waals surface area contributed by atoms with Gasteiger partial charge in [-0.2, -0.15) is 10.2 Å². The minimum atomic E-state index is -0.904. The molecule has 34 heavy (non-hydrogen) atoms. The molecule has 0 aliphatic heterocycles. The van der Waals surface area contributed by atoms with Crippen molar-refractivity contribution in [1.82, 2.24) is 15.5 Å². The monoisotopic (exact) mass is 478 g/mol. The molecule has 0 amide bonds. The first-order valence-electron chi connectivity index (χ1n) is 10.4. The first-order chi connectivity index (χ1) is 16.0. The van der Waals surface area contributed by atoms with E-state index in [1.54, 1.807) is 18.2 Å². The normalized spacial score (nSPS) is 10.6. The molecule has 1 heterocycles. The second-order valence-electron chi connectivity index (χ2n) is 7.73. The summed E-state index contributed by atoms with van der Waals surface area (Å²) >= 11 is 0. The minimum absolute atomic E-state index is 0. The molecule has 0 fully saturated rings. The van der Waals surface area contributed by atoms with Gasteiger partial charge in [0.15, 0.2) is 0 Å². The summed E-state index contributed by atoms with van der Waals surface area (Å²) in [6, 6.07) is 18.9. The van der Waals surface area contributed by atoms with Gasteiger partial charge in [-0.25, -0.2) is 0 Å². The lowest BCUT2D eigenvalue weighted by Gasteiger charge is -2.11. The number of aliphatic carboxylic acids is 1. The van der Waals surface area contributed by atoms with Crippen molar-refractivity contribution in [2.45, 2.75) is 26.5 Å². The van der Waals surface area contributed by atoms with Crippen LogP contribution in [0.5, 0.6) is 5.75 Å². The van der Waals surface area contributed by atoms with Crippen LogP contribution in [0.2, 0.25) is 0 Å². The van der Waals surface area contributed by atoms with Crippen LogP contribution in [0.25, 0.3) is 33.6 Å². The maximum Gasteiger partial charge on any atom is 0.317 e. The number of rotatable bonds is 8. The van der Waals surface area contributed by atoms with E-state index in [-0.39, 0.29) is 25.1 Å². The number of carboxylic acid groups (broad SMARTS) is 1. The van der Waals surface area contributed by atoms with Crippen LogP contribution in [0.3, 0.4) is 0 Å². The van der Waals surface area contributed by atoms with Gasteiger partial charge in [0.05, 0.1) is 18.2 Å². The third-order valence-electron chi connectivity index (χ3n) is 4.98. The highest BCUT2D eigenvalue weighted by atomic mass is 35.5. The standard InChI is InChI=1S/C25H22N4O4.ClH/c1-15(2)32-22-10-8-16(11-18(22)12-26)25-28-24(29-33-25)21-9-7-17(13-27-14-23(30)31)19-5-3-4-6-20(19)21;/h3-11,15,27H,13-14H2,1-2H3,(H,30,31);1H. The number of carbonyl (C=O) groups is 1. The molecular formula is C25H23ClN4O4. The fraction of sp³-hybridized carbons (Fsp3) is 0.200. The topological polar surface area (TPSA) is 121 Å². The number of hydrogen-bond acceptors (Lipinski definition) is 7. The summed E-state index contributed by atoms with van der Waals surface area (Å²) in [5.41, 5.74) is 2.78. The lowest BCUT2D eigenvalue weighted by Crippen LogP contribution is -2.21.